The molecule has 0 atom stereocenters. The summed E-state index contributed by atoms with van der Waals surface area (Å²) < 4.78 is 0. The van der Waals surface area contributed by atoms with Crippen molar-refractivity contribution in [3.8, 4) is 0 Å². The Labute approximate surface area is 105 Å². The summed E-state index contributed by atoms with van der Waals surface area (Å²) in [5, 5.41) is 5.54. The van der Waals surface area contributed by atoms with Crippen LogP contribution in [-0.2, 0) is 11.3 Å². The summed E-state index contributed by atoms with van der Waals surface area (Å²) in [5.74, 6) is 0.901. The summed E-state index contributed by atoms with van der Waals surface area (Å²) in [7, 11) is 0. The first-order chi connectivity index (χ1) is 8.60. The molecular formula is C11H15N5O2. The molecule has 0 aromatic carbocycles. The zero-order chi connectivity index (χ0) is 13.1. The van der Waals surface area contributed by atoms with Gasteiger partial charge in [-0.3, -0.25) is 9.69 Å². The van der Waals surface area contributed by atoms with Gasteiger partial charge in [-0.25, -0.2) is 14.8 Å². The lowest BCUT2D eigenvalue weighted by molar-refractivity contribution is -0.125. The highest BCUT2D eigenvalue weighted by Gasteiger charge is 2.29. The Morgan fingerprint density at radius 2 is 2.22 bits per heavy atom. The van der Waals surface area contributed by atoms with Gasteiger partial charge >= 0.3 is 6.03 Å². The Morgan fingerprint density at radius 1 is 1.44 bits per heavy atom. The number of carbonyl (C=O) groups is 2. The van der Waals surface area contributed by atoms with E-state index in [1.807, 2.05) is 19.9 Å². The number of rotatable bonds is 4. The van der Waals surface area contributed by atoms with Crippen LogP contribution in [0.25, 0.3) is 0 Å². The molecule has 1 fully saturated rings. The number of amides is 3. The smallest absolute Gasteiger partial charge is 0.325 e. The molecule has 18 heavy (non-hydrogen) atoms. The number of carbonyl (C=O) groups excluding carboxylic acids is 2. The van der Waals surface area contributed by atoms with Crippen molar-refractivity contribution < 1.29 is 9.59 Å². The van der Waals surface area contributed by atoms with Gasteiger partial charge in [0.15, 0.2) is 5.82 Å². The van der Waals surface area contributed by atoms with Crippen LogP contribution < -0.4 is 10.6 Å². The average molecular weight is 249 g/mol. The lowest BCUT2D eigenvalue weighted by Crippen LogP contribution is -2.31. The minimum Gasteiger partial charge on any atom is -0.370 e. The molecule has 1 aromatic rings. The first-order valence-electron chi connectivity index (χ1n) is 5.76. The number of hydrogen-bond acceptors (Lipinski definition) is 5. The number of imide groups is 1. The summed E-state index contributed by atoms with van der Waals surface area (Å²) in [5.41, 5.74) is 0.794. The van der Waals surface area contributed by atoms with E-state index in [-0.39, 0.29) is 19.0 Å². The maximum atomic E-state index is 11.5. The molecule has 0 unspecified atom stereocenters. The van der Waals surface area contributed by atoms with Gasteiger partial charge in [-0.1, -0.05) is 0 Å². The molecule has 0 aliphatic carbocycles. The van der Waals surface area contributed by atoms with Gasteiger partial charge in [-0.05, 0) is 13.8 Å². The molecule has 7 nitrogen and oxygen atoms in total. The topological polar surface area (TPSA) is 87.2 Å². The van der Waals surface area contributed by atoms with E-state index >= 15 is 0 Å². The van der Waals surface area contributed by atoms with E-state index in [2.05, 4.69) is 20.6 Å². The second kappa shape index (κ2) is 4.99. The third-order valence-electron chi connectivity index (χ3n) is 2.50. The minimum absolute atomic E-state index is 0.0463. The van der Waals surface area contributed by atoms with Crippen molar-refractivity contribution in [1.82, 2.24) is 20.2 Å². The van der Waals surface area contributed by atoms with Crippen LogP contribution in [0.5, 0.6) is 0 Å². The molecule has 1 saturated heterocycles. The van der Waals surface area contributed by atoms with Crippen LogP contribution in [0.2, 0.25) is 0 Å². The lowest BCUT2D eigenvalue weighted by atomic mass is 10.4. The molecular weight excluding hydrogens is 234 g/mol. The van der Waals surface area contributed by atoms with Gasteiger partial charge < -0.3 is 10.6 Å². The third kappa shape index (κ3) is 2.55. The third-order valence-corrected chi connectivity index (χ3v) is 2.50. The largest absolute Gasteiger partial charge is 0.370 e. The van der Waals surface area contributed by atoms with E-state index in [1.54, 1.807) is 0 Å². The highest BCUT2D eigenvalue weighted by atomic mass is 16.2. The summed E-state index contributed by atoms with van der Waals surface area (Å²) in [6, 6.07) is 1.42. The van der Waals surface area contributed by atoms with Crippen LogP contribution in [0, 0.1) is 6.92 Å². The van der Waals surface area contributed by atoms with Crippen molar-refractivity contribution in [3.05, 3.63) is 17.6 Å². The van der Waals surface area contributed by atoms with Crippen LogP contribution in [0.15, 0.2) is 6.07 Å². The van der Waals surface area contributed by atoms with Crippen molar-refractivity contribution in [1.29, 1.82) is 0 Å². The molecule has 0 saturated carbocycles. The maximum Gasteiger partial charge on any atom is 0.325 e. The fourth-order valence-corrected chi connectivity index (χ4v) is 1.73. The summed E-state index contributed by atoms with van der Waals surface area (Å²) >= 11 is 0. The highest BCUT2D eigenvalue weighted by Crippen LogP contribution is 2.10. The van der Waals surface area contributed by atoms with Crippen molar-refractivity contribution >= 4 is 17.8 Å². The maximum absolute atomic E-state index is 11.5. The molecule has 2 heterocycles. The molecule has 1 aliphatic heterocycles. The first-order valence-corrected chi connectivity index (χ1v) is 5.76. The number of urea groups is 1. The molecule has 7 heteroatoms. The molecule has 3 amide bonds. The van der Waals surface area contributed by atoms with Crippen LogP contribution in [0.1, 0.15) is 18.4 Å². The summed E-state index contributed by atoms with van der Waals surface area (Å²) in [6.07, 6.45) is 0. The van der Waals surface area contributed by atoms with Crippen molar-refractivity contribution in [3.63, 3.8) is 0 Å². The quantitative estimate of drug-likeness (QED) is 0.748. The van der Waals surface area contributed by atoms with Crippen molar-refractivity contribution in [2.24, 2.45) is 0 Å². The number of nitrogens with one attached hydrogen (secondary N) is 2. The Morgan fingerprint density at radius 3 is 2.83 bits per heavy atom. The number of nitrogens with zero attached hydrogens (tertiary/aromatic N) is 3. The van der Waals surface area contributed by atoms with E-state index in [0.29, 0.717) is 11.6 Å². The average Bonchev–Trinajstić information content (AvgIpc) is 2.60. The second-order valence-electron chi connectivity index (χ2n) is 3.98. The van der Waals surface area contributed by atoms with Crippen molar-refractivity contribution in [2.75, 3.05) is 18.4 Å². The Hall–Kier alpha value is -2.18. The normalized spacial score (nSPS) is 14.9. The molecule has 2 N–H and O–H groups in total. The van der Waals surface area contributed by atoms with Gasteiger partial charge in [0.2, 0.25) is 5.91 Å². The molecule has 1 aliphatic rings. The number of aromatic nitrogens is 2. The number of hydrogen-bond donors (Lipinski definition) is 2. The number of aryl methyl sites for hydroxylation is 1. The predicted octanol–water partition coefficient (Wildman–Crippen LogP) is 0.269. The zero-order valence-corrected chi connectivity index (χ0v) is 10.4. The molecule has 0 spiro atoms. The van der Waals surface area contributed by atoms with E-state index < -0.39 is 6.03 Å². The van der Waals surface area contributed by atoms with E-state index in [1.165, 1.54) is 0 Å². The van der Waals surface area contributed by atoms with Crippen LogP contribution >= 0.6 is 0 Å². The monoisotopic (exact) mass is 249 g/mol. The molecule has 0 radical (unpaired) electrons. The van der Waals surface area contributed by atoms with Crippen molar-refractivity contribution in [2.45, 2.75) is 20.4 Å². The summed E-state index contributed by atoms with van der Waals surface area (Å²) in [6.45, 7) is 4.71. The fraction of sp³-hybridized carbons (Fsp3) is 0.455. The van der Waals surface area contributed by atoms with Gasteiger partial charge in [0.05, 0.1) is 13.1 Å². The lowest BCUT2D eigenvalue weighted by Gasteiger charge is -2.12. The summed E-state index contributed by atoms with van der Waals surface area (Å²) in [4.78, 5) is 32.5. The SMILES string of the molecule is CCNc1cc(C)nc(CN2C(=O)CNC2=O)n1. The first kappa shape index (κ1) is 12.3. The Bertz CT molecular complexity index is 472. The highest BCUT2D eigenvalue weighted by molar-refractivity contribution is 6.01. The van der Waals surface area contributed by atoms with E-state index in [4.69, 9.17) is 0 Å². The van der Waals surface area contributed by atoms with Gasteiger partial charge in [0.25, 0.3) is 0 Å². The predicted molar refractivity (Wildman–Crippen MR) is 64.9 cm³/mol. The van der Waals surface area contributed by atoms with Gasteiger partial charge in [-0.15, -0.1) is 0 Å². The number of anilines is 1. The molecule has 2 rings (SSSR count). The van der Waals surface area contributed by atoms with Gasteiger partial charge in [0, 0.05) is 18.3 Å². The van der Waals surface area contributed by atoms with Gasteiger partial charge in [0.1, 0.15) is 5.82 Å². The van der Waals surface area contributed by atoms with Gasteiger partial charge in [-0.2, -0.15) is 0 Å². The molecule has 0 bridgehead atoms. The molecule has 1 aromatic heterocycles. The second-order valence-corrected chi connectivity index (χ2v) is 3.98. The van der Waals surface area contributed by atoms with E-state index in [9.17, 15) is 9.59 Å². The Kier molecular flexibility index (Phi) is 3.40. The van der Waals surface area contributed by atoms with Crippen LogP contribution in [0.3, 0.4) is 0 Å². The Balaban J connectivity index is 2.18. The zero-order valence-electron chi connectivity index (χ0n) is 10.4. The standard InChI is InChI=1S/C11H15N5O2/c1-3-12-8-4-7(2)14-9(15-8)6-16-10(17)5-13-11(16)18/h4H,3,5-6H2,1-2H3,(H,13,18)(H,12,14,15). The molecule has 96 valence electrons. The van der Waals surface area contributed by atoms with Crippen LogP contribution in [0.4, 0.5) is 10.6 Å². The van der Waals surface area contributed by atoms with E-state index in [0.717, 1.165) is 17.1 Å². The van der Waals surface area contributed by atoms with Crippen LogP contribution in [-0.4, -0.2) is 39.9 Å². The fourth-order valence-electron chi connectivity index (χ4n) is 1.73. The minimum atomic E-state index is -0.393.